The lowest BCUT2D eigenvalue weighted by molar-refractivity contribution is -0.115. The summed E-state index contributed by atoms with van der Waals surface area (Å²) in [7, 11) is 0. The summed E-state index contributed by atoms with van der Waals surface area (Å²) < 4.78 is 44.4. The van der Waals surface area contributed by atoms with Gasteiger partial charge in [-0.15, -0.1) is 5.10 Å². The molecule has 3 N–H and O–H groups in total. The molecule has 196 valence electrons. The van der Waals surface area contributed by atoms with Crippen LogP contribution >= 0.6 is 11.8 Å². The summed E-state index contributed by atoms with van der Waals surface area (Å²) in [6.45, 7) is 12.9. The number of nitrogens with zero attached hydrogens (tertiary/aromatic N) is 3. The lowest BCUT2D eigenvalue weighted by atomic mass is 9.84. The third kappa shape index (κ3) is 6.05. The molecule has 7 nitrogen and oxygen atoms in total. The standard InChI is InChI=1S/C25H33F3N6OS/c1-14-9-18(21-33-34-22(35-21)30-12-19-24(5,6)36-8-7-29-19)32-20-16(14)10-15(31-13-25(26,27)28)11-17(20)23(2,3)4/h9-11,19,29,31H,7-8,12-13H2,1-6H3,(H,30,34)/t19-/m1/s1. The number of nitrogens with one attached hydrogen (secondary N) is 3. The van der Waals surface area contributed by atoms with E-state index in [9.17, 15) is 13.2 Å². The summed E-state index contributed by atoms with van der Waals surface area (Å²) in [5, 5.41) is 18.4. The third-order valence-electron chi connectivity index (χ3n) is 6.33. The molecule has 1 aliphatic heterocycles. The molecule has 3 heterocycles. The lowest BCUT2D eigenvalue weighted by Gasteiger charge is -2.38. The van der Waals surface area contributed by atoms with Gasteiger partial charge in [0.25, 0.3) is 5.89 Å². The minimum absolute atomic E-state index is 0.0856. The zero-order valence-electron chi connectivity index (χ0n) is 21.4. The quantitative estimate of drug-likeness (QED) is 0.377. The van der Waals surface area contributed by atoms with Gasteiger partial charge in [-0.2, -0.15) is 24.9 Å². The number of anilines is 2. The van der Waals surface area contributed by atoms with E-state index in [2.05, 4.69) is 40.0 Å². The molecule has 0 spiro atoms. The van der Waals surface area contributed by atoms with E-state index in [1.165, 1.54) is 0 Å². The molecule has 0 radical (unpaired) electrons. The molecule has 4 rings (SSSR count). The molecule has 1 aromatic carbocycles. The molecular formula is C25H33F3N6OS. The van der Waals surface area contributed by atoms with Crippen LogP contribution in [0.25, 0.3) is 22.5 Å². The summed E-state index contributed by atoms with van der Waals surface area (Å²) >= 11 is 1.94. The van der Waals surface area contributed by atoms with E-state index < -0.39 is 12.7 Å². The summed E-state index contributed by atoms with van der Waals surface area (Å²) in [5.74, 6) is 1.37. The number of benzene rings is 1. The Bertz CT molecular complexity index is 1230. The van der Waals surface area contributed by atoms with Crippen LogP contribution in [0.15, 0.2) is 22.6 Å². The average molecular weight is 523 g/mol. The maximum atomic E-state index is 12.8. The van der Waals surface area contributed by atoms with Crippen LogP contribution in [0.3, 0.4) is 0 Å². The molecule has 11 heteroatoms. The zero-order chi connectivity index (χ0) is 26.3. The van der Waals surface area contributed by atoms with Crippen molar-refractivity contribution in [2.75, 3.05) is 36.0 Å². The number of pyridine rings is 1. The van der Waals surface area contributed by atoms with Crippen molar-refractivity contribution in [1.82, 2.24) is 20.5 Å². The second-order valence-corrected chi connectivity index (χ2v) is 12.5. The predicted octanol–water partition coefficient (Wildman–Crippen LogP) is 5.76. The highest BCUT2D eigenvalue weighted by atomic mass is 32.2. The summed E-state index contributed by atoms with van der Waals surface area (Å²) in [5.41, 5.74) is 2.96. The largest absolute Gasteiger partial charge is 0.405 e. The number of hydrogen-bond donors (Lipinski definition) is 3. The van der Waals surface area contributed by atoms with Crippen molar-refractivity contribution < 1.29 is 17.6 Å². The summed E-state index contributed by atoms with van der Waals surface area (Å²) in [4.78, 5) is 4.82. The van der Waals surface area contributed by atoms with Crippen LogP contribution in [-0.4, -0.2) is 57.5 Å². The van der Waals surface area contributed by atoms with E-state index in [-0.39, 0.29) is 22.1 Å². The van der Waals surface area contributed by atoms with Crippen molar-refractivity contribution in [3.8, 4) is 11.6 Å². The highest BCUT2D eigenvalue weighted by Gasteiger charge is 2.33. The van der Waals surface area contributed by atoms with Crippen molar-refractivity contribution in [3.63, 3.8) is 0 Å². The molecule has 0 unspecified atom stereocenters. The van der Waals surface area contributed by atoms with Gasteiger partial charge in [0.1, 0.15) is 12.2 Å². The molecule has 0 aliphatic carbocycles. The zero-order valence-corrected chi connectivity index (χ0v) is 22.2. The van der Waals surface area contributed by atoms with Crippen molar-refractivity contribution in [2.45, 2.75) is 63.9 Å². The second kappa shape index (κ2) is 9.74. The van der Waals surface area contributed by atoms with Gasteiger partial charge in [0.05, 0.1) is 5.52 Å². The van der Waals surface area contributed by atoms with Crippen LogP contribution in [0.4, 0.5) is 24.9 Å². The van der Waals surface area contributed by atoms with E-state index in [0.717, 1.165) is 28.8 Å². The van der Waals surface area contributed by atoms with Crippen LogP contribution < -0.4 is 16.0 Å². The minimum atomic E-state index is -4.31. The Morgan fingerprint density at radius 3 is 2.56 bits per heavy atom. The predicted molar refractivity (Wildman–Crippen MR) is 140 cm³/mol. The minimum Gasteiger partial charge on any atom is -0.402 e. The normalized spacial score (nSPS) is 18.4. The van der Waals surface area contributed by atoms with Gasteiger partial charge >= 0.3 is 12.2 Å². The Morgan fingerprint density at radius 1 is 1.14 bits per heavy atom. The fourth-order valence-corrected chi connectivity index (χ4v) is 5.39. The van der Waals surface area contributed by atoms with E-state index in [0.29, 0.717) is 29.5 Å². The lowest BCUT2D eigenvalue weighted by Crippen LogP contribution is -2.53. The number of fused-ring (bicyclic) bond motifs is 1. The monoisotopic (exact) mass is 522 g/mol. The van der Waals surface area contributed by atoms with Gasteiger partial charge in [-0.3, -0.25) is 0 Å². The highest BCUT2D eigenvalue weighted by molar-refractivity contribution is 8.00. The van der Waals surface area contributed by atoms with E-state index in [1.807, 2.05) is 45.5 Å². The Labute approximate surface area is 213 Å². The first-order valence-corrected chi connectivity index (χ1v) is 12.9. The van der Waals surface area contributed by atoms with Gasteiger partial charge in [0.15, 0.2) is 0 Å². The number of alkyl halides is 3. The average Bonchev–Trinajstić information content (AvgIpc) is 3.24. The fourth-order valence-electron chi connectivity index (χ4n) is 4.28. The van der Waals surface area contributed by atoms with Crippen molar-refractivity contribution in [2.24, 2.45) is 0 Å². The van der Waals surface area contributed by atoms with Crippen LogP contribution in [-0.2, 0) is 5.41 Å². The van der Waals surface area contributed by atoms with Crippen LogP contribution in [0, 0.1) is 6.92 Å². The van der Waals surface area contributed by atoms with Gasteiger partial charge in [-0.05, 0) is 55.5 Å². The number of hydrogen-bond acceptors (Lipinski definition) is 8. The molecule has 1 aliphatic rings. The smallest absolute Gasteiger partial charge is 0.402 e. The Kier molecular flexibility index (Phi) is 7.18. The first-order chi connectivity index (χ1) is 16.7. The molecule has 0 amide bonds. The van der Waals surface area contributed by atoms with Crippen molar-refractivity contribution >= 4 is 34.4 Å². The molecule has 0 saturated carbocycles. The topological polar surface area (TPSA) is 87.9 Å². The molecule has 1 saturated heterocycles. The molecule has 3 aromatic rings. The number of aryl methyl sites for hydroxylation is 1. The van der Waals surface area contributed by atoms with Gasteiger partial charge in [-0.25, -0.2) is 4.98 Å². The van der Waals surface area contributed by atoms with E-state index in [1.54, 1.807) is 12.1 Å². The van der Waals surface area contributed by atoms with Crippen LogP contribution in [0.1, 0.15) is 45.7 Å². The second-order valence-electron chi connectivity index (χ2n) is 10.7. The summed E-state index contributed by atoms with van der Waals surface area (Å²) in [6.07, 6.45) is -4.31. The Hall–Kier alpha value is -2.53. The molecule has 1 fully saturated rings. The first kappa shape index (κ1) is 26.5. The first-order valence-electron chi connectivity index (χ1n) is 11.9. The molecule has 1 atom stereocenters. The molecular weight excluding hydrogens is 489 g/mol. The number of thioether (sulfide) groups is 1. The third-order valence-corrected chi connectivity index (χ3v) is 7.77. The van der Waals surface area contributed by atoms with E-state index in [4.69, 9.17) is 9.40 Å². The molecule has 2 aromatic heterocycles. The number of rotatable bonds is 6. The molecule has 0 bridgehead atoms. The van der Waals surface area contributed by atoms with E-state index >= 15 is 0 Å². The number of halogens is 3. The van der Waals surface area contributed by atoms with Crippen LogP contribution in [0.2, 0.25) is 0 Å². The van der Waals surface area contributed by atoms with Crippen molar-refractivity contribution in [3.05, 3.63) is 29.3 Å². The Balaban J connectivity index is 1.63. The van der Waals surface area contributed by atoms with Crippen LogP contribution in [0.5, 0.6) is 0 Å². The molecule has 36 heavy (non-hydrogen) atoms. The van der Waals surface area contributed by atoms with Crippen molar-refractivity contribution in [1.29, 1.82) is 0 Å². The Morgan fingerprint density at radius 2 is 1.89 bits per heavy atom. The maximum Gasteiger partial charge on any atom is 0.405 e. The fraction of sp³-hybridized carbons (Fsp3) is 0.560. The van der Waals surface area contributed by atoms with Gasteiger partial charge in [0, 0.05) is 40.7 Å². The maximum absolute atomic E-state index is 12.8. The van der Waals surface area contributed by atoms with Gasteiger partial charge < -0.3 is 20.4 Å². The van der Waals surface area contributed by atoms with Gasteiger partial charge in [0.2, 0.25) is 0 Å². The number of aromatic nitrogens is 3. The highest BCUT2D eigenvalue weighted by Crippen LogP contribution is 2.36. The summed E-state index contributed by atoms with van der Waals surface area (Å²) in [6, 6.07) is 5.84. The SMILES string of the molecule is Cc1cc(-c2nnc(NC[C@H]3NCCSC3(C)C)o2)nc2c(C(C)(C)C)cc(NCC(F)(F)F)cc12. The van der Waals surface area contributed by atoms with Gasteiger partial charge in [-0.1, -0.05) is 25.9 Å².